The topological polar surface area (TPSA) is 68.5 Å². The summed E-state index contributed by atoms with van der Waals surface area (Å²) >= 11 is 5.91. The van der Waals surface area contributed by atoms with Crippen LogP contribution in [0, 0.1) is 6.92 Å². The Morgan fingerprint density at radius 2 is 1.87 bits per heavy atom. The fraction of sp³-hybridized carbons (Fsp3) is 0.348. The predicted molar refractivity (Wildman–Crippen MR) is 117 cm³/mol. The van der Waals surface area contributed by atoms with Gasteiger partial charge < -0.3 is 14.2 Å². The van der Waals surface area contributed by atoms with Crippen molar-refractivity contribution in [3.05, 3.63) is 64.5 Å². The number of aryl methyl sites for hydroxylation is 1. The fourth-order valence-electron chi connectivity index (χ4n) is 3.09. The minimum absolute atomic E-state index is 0.169. The smallest absolute Gasteiger partial charge is 0.263 e. The van der Waals surface area contributed by atoms with Crippen LogP contribution in [0.2, 0.25) is 5.02 Å². The number of hydrogen-bond donors (Lipinski definition) is 0. The molecule has 2 aromatic carbocycles. The van der Waals surface area contributed by atoms with E-state index < -0.39 is 6.10 Å². The molecule has 1 heterocycles. The highest BCUT2D eigenvalue weighted by molar-refractivity contribution is 6.30. The number of hydrogen-bond acceptors (Lipinski definition) is 5. The summed E-state index contributed by atoms with van der Waals surface area (Å²) in [4.78, 5) is 18.7. The van der Waals surface area contributed by atoms with Crippen LogP contribution in [0.5, 0.6) is 5.75 Å². The van der Waals surface area contributed by atoms with Gasteiger partial charge in [0.05, 0.1) is 6.54 Å². The third-order valence-electron chi connectivity index (χ3n) is 4.76. The van der Waals surface area contributed by atoms with Crippen LogP contribution in [0.1, 0.15) is 43.7 Å². The number of nitrogens with zero attached hydrogens (tertiary/aromatic N) is 3. The third kappa shape index (κ3) is 5.19. The van der Waals surface area contributed by atoms with Crippen LogP contribution in [0.15, 0.2) is 47.0 Å². The Morgan fingerprint density at radius 1 is 1.17 bits per heavy atom. The van der Waals surface area contributed by atoms with Gasteiger partial charge in [-0.05, 0) is 61.2 Å². The van der Waals surface area contributed by atoms with E-state index in [1.807, 2.05) is 31.2 Å². The molecule has 0 aliphatic heterocycles. The number of carbonyl (C=O) groups is 1. The lowest BCUT2D eigenvalue weighted by molar-refractivity contribution is -0.137. The lowest BCUT2D eigenvalue weighted by Crippen LogP contribution is -2.37. The minimum Gasteiger partial charge on any atom is -0.481 e. The maximum atomic E-state index is 12.8. The Balaban J connectivity index is 1.66. The van der Waals surface area contributed by atoms with Crippen molar-refractivity contribution >= 4 is 17.5 Å². The van der Waals surface area contributed by atoms with Crippen LogP contribution in [0.3, 0.4) is 0 Å². The van der Waals surface area contributed by atoms with Crippen LogP contribution in [0.4, 0.5) is 0 Å². The monoisotopic (exact) mass is 427 g/mol. The fourth-order valence-corrected chi connectivity index (χ4v) is 3.21. The van der Waals surface area contributed by atoms with Crippen LogP contribution in [0.25, 0.3) is 11.4 Å². The molecule has 3 rings (SSSR count). The largest absolute Gasteiger partial charge is 0.481 e. The first-order chi connectivity index (χ1) is 14.2. The molecule has 0 aliphatic carbocycles. The Morgan fingerprint density at radius 3 is 2.53 bits per heavy atom. The van der Waals surface area contributed by atoms with Gasteiger partial charge >= 0.3 is 0 Å². The molecule has 158 valence electrons. The highest BCUT2D eigenvalue weighted by atomic mass is 35.5. The van der Waals surface area contributed by atoms with E-state index in [0.29, 0.717) is 22.7 Å². The molecule has 0 bridgehead atoms. The number of rotatable bonds is 7. The summed E-state index contributed by atoms with van der Waals surface area (Å²) in [6.07, 6.45) is -0.645. The molecule has 1 amide bonds. The van der Waals surface area contributed by atoms with Crippen molar-refractivity contribution in [3.63, 3.8) is 0 Å². The first-order valence-corrected chi connectivity index (χ1v) is 10.2. The van der Waals surface area contributed by atoms with Gasteiger partial charge in [-0.3, -0.25) is 4.79 Å². The Labute approximate surface area is 181 Å². The average molecular weight is 428 g/mol. The number of aromatic nitrogens is 2. The molecule has 0 unspecified atom stereocenters. The molecule has 6 nitrogen and oxygen atoms in total. The number of likely N-dealkylation sites (N-methyl/N-ethyl adjacent to an activating group) is 1. The summed E-state index contributed by atoms with van der Waals surface area (Å²) in [5, 5.41) is 4.62. The minimum atomic E-state index is -0.645. The van der Waals surface area contributed by atoms with Gasteiger partial charge in [0.15, 0.2) is 6.10 Å². The van der Waals surface area contributed by atoms with Crippen LogP contribution >= 0.6 is 11.6 Å². The van der Waals surface area contributed by atoms with Gasteiger partial charge in [-0.2, -0.15) is 4.98 Å². The molecular formula is C23H26ClN3O3. The zero-order valence-electron chi connectivity index (χ0n) is 17.8. The summed E-state index contributed by atoms with van der Waals surface area (Å²) in [6.45, 7) is 8.15. The molecule has 0 saturated carbocycles. The van der Waals surface area contributed by atoms with E-state index in [-0.39, 0.29) is 12.5 Å². The van der Waals surface area contributed by atoms with E-state index in [1.165, 1.54) is 4.90 Å². The van der Waals surface area contributed by atoms with Crippen molar-refractivity contribution < 1.29 is 14.1 Å². The quantitative estimate of drug-likeness (QED) is 0.515. The van der Waals surface area contributed by atoms with Crippen LogP contribution in [-0.2, 0) is 11.3 Å². The molecule has 0 spiro atoms. The summed E-state index contributed by atoms with van der Waals surface area (Å²) in [5.41, 5.74) is 2.95. The maximum Gasteiger partial charge on any atom is 0.263 e. The maximum absolute atomic E-state index is 12.8. The third-order valence-corrected chi connectivity index (χ3v) is 5.01. The van der Waals surface area contributed by atoms with E-state index in [0.717, 1.165) is 22.4 Å². The van der Waals surface area contributed by atoms with E-state index in [2.05, 4.69) is 30.1 Å². The standard InChI is InChI=1S/C23H26ClN3O3/c1-14(2)19-11-6-15(3)12-20(19)29-16(4)23(28)27(5)13-21-25-22(26-30-21)17-7-9-18(24)10-8-17/h6-12,14,16H,13H2,1-5H3/t16-/m1/s1. The molecule has 3 aromatic rings. The van der Waals surface area contributed by atoms with Gasteiger partial charge in [0.2, 0.25) is 11.7 Å². The molecular weight excluding hydrogens is 402 g/mol. The first kappa shape index (κ1) is 21.8. The van der Waals surface area contributed by atoms with E-state index in [9.17, 15) is 4.79 Å². The van der Waals surface area contributed by atoms with E-state index in [1.54, 1.807) is 26.1 Å². The second kappa shape index (κ2) is 9.30. The average Bonchev–Trinajstić information content (AvgIpc) is 3.16. The van der Waals surface area contributed by atoms with Crippen LogP contribution in [-0.4, -0.2) is 34.1 Å². The van der Waals surface area contributed by atoms with Crippen molar-refractivity contribution in [2.45, 2.75) is 46.3 Å². The van der Waals surface area contributed by atoms with Gasteiger partial charge in [-0.15, -0.1) is 0 Å². The lowest BCUT2D eigenvalue weighted by Gasteiger charge is -2.23. The second-order valence-electron chi connectivity index (χ2n) is 7.67. The van der Waals surface area contributed by atoms with Gasteiger partial charge in [0.1, 0.15) is 5.75 Å². The number of ether oxygens (including phenoxy) is 1. The Bertz CT molecular complexity index is 1010. The van der Waals surface area contributed by atoms with Crippen molar-refractivity contribution in [3.8, 4) is 17.1 Å². The van der Waals surface area contributed by atoms with Crippen molar-refractivity contribution in [2.75, 3.05) is 7.05 Å². The first-order valence-electron chi connectivity index (χ1n) is 9.85. The highest BCUT2D eigenvalue weighted by Crippen LogP contribution is 2.28. The van der Waals surface area contributed by atoms with Crippen molar-refractivity contribution in [1.29, 1.82) is 0 Å². The molecule has 0 radical (unpaired) electrons. The second-order valence-corrected chi connectivity index (χ2v) is 8.11. The molecule has 0 N–H and O–H groups in total. The number of carbonyl (C=O) groups excluding carboxylic acids is 1. The zero-order valence-corrected chi connectivity index (χ0v) is 18.6. The van der Waals surface area contributed by atoms with Crippen LogP contribution < -0.4 is 4.74 Å². The molecule has 7 heteroatoms. The van der Waals surface area contributed by atoms with Gasteiger partial charge in [-0.25, -0.2) is 0 Å². The lowest BCUT2D eigenvalue weighted by atomic mass is 10.0. The number of amides is 1. The molecule has 1 aromatic heterocycles. The molecule has 0 saturated heterocycles. The molecule has 30 heavy (non-hydrogen) atoms. The summed E-state index contributed by atoms with van der Waals surface area (Å²) in [6, 6.07) is 13.2. The normalized spacial score (nSPS) is 12.1. The van der Waals surface area contributed by atoms with Gasteiger partial charge in [0.25, 0.3) is 5.91 Å². The highest BCUT2D eigenvalue weighted by Gasteiger charge is 2.23. The predicted octanol–water partition coefficient (Wildman–Crippen LogP) is 5.25. The van der Waals surface area contributed by atoms with Crippen molar-refractivity contribution in [1.82, 2.24) is 15.0 Å². The Kier molecular flexibility index (Phi) is 6.77. The summed E-state index contributed by atoms with van der Waals surface area (Å²) < 4.78 is 11.3. The van der Waals surface area contributed by atoms with Gasteiger partial charge in [0, 0.05) is 17.6 Å². The van der Waals surface area contributed by atoms with Gasteiger partial charge in [-0.1, -0.05) is 42.7 Å². The SMILES string of the molecule is Cc1ccc(C(C)C)c(O[C@H](C)C(=O)N(C)Cc2nc(-c3ccc(Cl)cc3)no2)c1. The summed E-state index contributed by atoms with van der Waals surface area (Å²) in [5.74, 6) is 1.67. The van der Waals surface area contributed by atoms with Crippen molar-refractivity contribution in [2.24, 2.45) is 0 Å². The zero-order chi connectivity index (χ0) is 21.8. The number of benzene rings is 2. The molecule has 0 fully saturated rings. The Hall–Kier alpha value is -2.86. The van der Waals surface area contributed by atoms with E-state index >= 15 is 0 Å². The number of halogens is 1. The molecule has 1 atom stereocenters. The molecule has 0 aliphatic rings. The van der Waals surface area contributed by atoms with E-state index in [4.69, 9.17) is 20.9 Å². The summed E-state index contributed by atoms with van der Waals surface area (Å²) in [7, 11) is 1.69.